The fourth-order valence-electron chi connectivity index (χ4n) is 3.21. The van der Waals surface area contributed by atoms with Crippen LogP contribution in [0.4, 0.5) is 13.2 Å². The van der Waals surface area contributed by atoms with Crippen molar-refractivity contribution in [3.05, 3.63) is 23.2 Å². The van der Waals surface area contributed by atoms with Crippen LogP contribution in [0.5, 0.6) is 0 Å². The number of H-pyrrole nitrogens is 1. The van der Waals surface area contributed by atoms with Crippen LogP contribution in [-0.2, 0) is 22.3 Å². The minimum Gasteiger partial charge on any atom is -0.341 e. The van der Waals surface area contributed by atoms with Gasteiger partial charge in [-0.1, -0.05) is 0 Å². The number of hydrogen-bond donors (Lipinski definition) is 2. The second-order valence-corrected chi connectivity index (χ2v) is 6.56. The topological polar surface area (TPSA) is 95.3 Å². The Kier molecular flexibility index (Phi) is 5.03. The highest BCUT2D eigenvalue weighted by molar-refractivity contribution is 5.80. The molecule has 3 N–H and O–H groups in total. The number of aromatic amines is 1. The van der Waals surface area contributed by atoms with E-state index in [9.17, 15) is 22.8 Å². The molecule has 3 heterocycles. The Morgan fingerprint density at radius 2 is 2.15 bits per heavy atom. The lowest BCUT2D eigenvalue weighted by Gasteiger charge is -2.30. The van der Waals surface area contributed by atoms with Crippen LogP contribution in [-0.4, -0.2) is 50.9 Å². The standard InChI is InChI=1S/C16H20F3N5O2/c17-16(18,19)15-11-4-6-24(9-12(11)21-22-15)14(26)7-10(20)8-23-5-2-1-3-13(23)25/h4,6,10H,1-3,5,7-9,20H2,(H,21,22)/t10-/m0/s1. The summed E-state index contributed by atoms with van der Waals surface area (Å²) in [5.74, 6) is -0.272. The van der Waals surface area contributed by atoms with E-state index in [-0.39, 0.29) is 36.0 Å². The highest BCUT2D eigenvalue weighted by Gasteiger charge is 2.38. The number of likely N-dealkylation sites (tertiary alicyclic amines) is 1. The molecular weight excluding hydrogens is 351 g/mol. The molecule has 2 aliphatic heterocycles. The van der Waals surface area contributed by atoms with Crippen molar-refractivity contribution in [3.63, 3.8) is 0 Å². The first-order chi connectivity index (χ1) is 12.3. The number of piperidine rings is 1. The second kappa shape index (κ2) is 7.10. The van der Waals surface area contributed by atoms with Gasteiger partial charge in [-0.3, -0.25) is 14.7 Å². The van der Waals surface area contributed by atoms with E-state index in [2.05, 4.69) is 10.2 Å². The third-order valence-corrected chi connectivity index (χ3v) is 4.53. The van der Waals surface area contributed by atoms with Crippen LogP contribution in [0.25, 0.3) is 6.08 Å². The molecule has 0 radical (unpaired) electrons. The van der Waals surface area contributed by atoms with E-state index in [0.29, 0.717) is 19.5 Å². The second-order valence-electron chi connectivity index (χ2n) is 6.56. The zero-order valence-electron chi connectivity index (χ0n) is 14.1. The van der Waals surface area contributed by atoms with Gasteiger partial charge >= 0.3 is 6.18 Å². The average molecular weight is 371 g/mol. The van der Waals surface area contributed by atoms with E-state index in [0.717, 1.165) is 12.8 Å². The summed E-state index contributed by atoms with van der Waals surface area (Å²) in [5, 5.41) is 5.64. The molecule has 0 unspecified atom stereocenters. The van der Waals surface area contributed by atoms with E-state index in [4.69, 9.17) is 5.73 Å². The minimum absolute atomic E-state index is 0.00369. The van der Waals surface area contributed by atoms with Gasteiger partial charge in [0.1, 0.15) is 0 Å². The maximum Gasteiger partial charge on any atom is 0.435 e. The fourth-order valence-corrected chi connectivity index (χ4v) is 3.21. The van der Waals surface area contributed by atoms with E-state index in [1.165, 1.54) is 17.2 Å². The van der Waals surface area contributed by atoms with Crippen molar-refractivity contribution in [2.24, 2.45) is 5.73 Å². The lowest BCUT2D eigenvalue weighted by atomic mass is 10.1. The van der Waals surface area contributed by atoms with Gasteiger partial charge in [-0.05, 0) is 18.9 Å². The molecule has 0 spiro atoms. The number of carbonyl (C=O) groups excluding carboxylic acids is 2. The SMILES string of the molecule is N[C@@H](CC(=O)N1C=Cc2c(C(F)(F)F)n[nH]c2C1)CN1CCCCC1=O. The van der Waals surface area contributed by atoms with Crippen LogP contribution in [0, 0.1) is 0 Å². The normalized spacial score (nSPS) is 18.8. The summed E-state index contributed by atoms with van der Waals surface area (Å²) < 4.78 is 38.5. The lowest BCUT2D eigenvalue weighted by molar-refractivity contribution is -0.141. The summed E-state index contributed by atoms with van der Waals surface area (Å²) in [5.41, 5.74) is 5.18. The molecule has 2 aliphatic rings. The van der Waals surface area contributed by atoms with Crippen molar-refractivity contribution in [2.75, 3.05) is 13.1 Å². The number of nitrogens with zero attached hydrogens (tertiary/aromatic N) is 3. The molecule has 0 bridgehead atoms. The summed E-state index contributed by atoms with van der Waals surface area (Å²) in [4.78, 5) is 27.1. The number of nitrogens with two attached hydrogens (primary N) is 1. The van der Waals surface area contributed by atoms with Gasteiger partial charge in [-0.2, -0.15) is 18.3 Å². The molecule has 1 atom stereocenters. The Labute approximate surface area is 148 Å². The molecule has 0 aromatic carbocycles. The van der Waals surface area contributed by atoms with E-state index in [1.807, 2.05) is 0 Å². The van der Waals surface area contributed by atoms with Crippen LogP contribution in [0.1, 0.15) is 42.6 Å². The zero-order chi connectivity index (χ0) is 18.9. The lowest BCUT2D eigenvalue weighted by Crippen LogP contribution is -2.45. The first-order valence-electron chi connectivity index (χ1n) is 8.41. The van der Waals surface area contributed by atoms with Crippen molar-refractivity contribution in [3.8, 4) is 0 Å². The van der Waals surface area contributed by atoms with Gasteiger partial charge in [0.25, 0.3) is 0 Å². The van der Waals surface area contributed by atoms with Crippen LogP contribution < -0.4 is 5.73 Å². The zero-order valence-corrected chi connectivity index (χ0v) is 14.1. The molecule has 1 saturated heterocycles. The number of rotatable bonds is 4. The van der Waals surface area contributed by atoms with Gasteiger partial charge in [0, 0.05) is 43.7 Å². The highest BCUT2D eigenvalue weighted by atomic mass is 19.4. The number of nitrogens with one attached hydrogen (secondary N) is 1. The molecule has 1 fully saturated rings. The Bertz CT molecular complexity index is 728. The molecule has 3 rings (SSSR count). The molecule has 7 nitrogen and oxygen atoms in total. The maximum absolute atomic E-state index is 12.8. The van der Waals surface area contributed by atoms with Gasteiger partial charge < -0.3 is 15.5 Å². The highest BCUT2D eigenvalue weighted by Crippen LogP contribution is 2.34. The summed E-state index contributed by atoms with van der Waals surface area (Å²) in [7, 11) is 0. The summed E-state index contributed by atoms with van der Waals surface area (Å²) in [6, 6.07) is -0.521. The summed E-state index contributed by atoms with van der Waals surface area (Å²) in [6.45, 7) is 0.917. The van der Waals surface area contributed by atoms with Crippen LogP contribution >= 0.6 is 0 Å². The van der Waals surface area contributed by atoms with E-state index in [1.54, 1.807) is 4.90 Å². The largest absolute Gasteiger partial charge is 0.435 e. The number of amides is 2. The van der Waals surface area contributed by atoms with Crippen LogP contribution in [0.2, 0.25) is 0 Å². The molecular formula is C16H20F3N5O2. The van der Waals surface area contributed by atoms with Crippen molar-refractivity contribution < 1.29 is 22.8 Å². The first-order valence-corrected chi connectivity index (χ1v) is 8.41. The van der Waals surface area contributed by atoms with Crippen molar-refractivity contribution in [1.82, 2.24) is 20.0 Å². The predicted octanol–water partition coefficient (Wildman–Crippen LogP) is 1.47. The number of halogens is 3. The third-order valence-electron chi connectivity index (χ3n) is 4.53. The molecule has 2 amide bonds. The molecule has 1 aromatic heterocycles. The van der Waals surface area contributed by atoms with Crippen molar-refractivity contribution in [2.45, 2.75) is 44.4 Å². The van der Waals surface area contributed by atoms with E-state index < -0.39 is 17.9 Å². The summed E-state index contributed by atoms with van der Waals surface area (Å²) in [6.07, 6.45) is 0.282. The molecule has 10 heteroatoms. The Morgan fingerprint density at radius 1 is 1.38 bits per heavy atom. The number of alkyl halides is 3. The average Bonchev–Trinajstić information content (AvgIpc) is 3.00. The third kappa shape index (κ3) is 3.90. The van der Waals surface area contributed by atoms with Crippen molar-refractivity contribution in [1.29, 1.82) is 0 Å². The summed E-state index contributed by atoms with van der Waals surface area (Å²) >= 11 is 0. The van der Waals surface area contributed by atoms with Gasteiger partial charge in [0.2, 0.25) is 11.8 Å². The Hall–Kier alpha value is -2.36. The minimum atomic E-state index is -4.55. The fraction of sp³-hybridized carbons (Fsp3) is 0.562. The van der Waals surface area contributed by atoms with Gasteiger partial charge in [0.15, 0.2) is 5.69 Å². The quantitative estimate of drug-likeness (QED) is 0.838. The Morgan fingerprint density at radius 3 is 2.85 bits per heavy atom. The predicted molar refractivity (Wildman–Crippen MR) is 86.2 cm³/mol. The number of fused-ring (bicyclic) bond motifs is 1. The van der Waals surface area contributed by atoms with Gasteiger partial charge in [-0.15, -0.1) is 0 Å². The van der Waals surface area contributed by atoms with Crippen molar-refractivity contribution >= 4 is 17.9 Å². The molecule has 0 aliphatic carbocycles. The maximum atomic E-state index is 12.8. The van der Waals surface area contributed by atoms with Gasteiger partial charge in [-0.25, -0.2) is 0 Å². The van der Waals surface area contributed by atoms with Crippen LogP contribution in [0.3, 0.4) is 0 Å². The number of hydrogen-bond acceptors (Lipinski definition) is 4. The van der Waals surface area contributed by atoms with Crippen LogP contribution in [0.15, 0.2) is 6.20 Å². The number of aromatic nitrogens is 2. The smallest absolute Gasteiger partial charge is 0.341 e. The molecule has 26 heavy (non-hydrogen) atoms. The Balaban J connectivity index is 1.58. The molecule has 142 valence electrons. The first kappa shape index (κ1) is 18.4. The van der Waals surface area contributed by atoms with E-state index >= 15 is 0 Å². The molecule has 0 saturated carbocycles. The van der Waals surface area contributed by atoms with Gasteiger partial charge in [0.05, 0.1) is 12.2 Å². The monoisotopic (exact) mass is 371 g/mol. The number of carbonyl (C=O) groups is 2. The molecule has 1 aromatic rings.